The van der Waals surface area contributed by atoms with E-state index in [2.05, 4.69) is 39.7 Å². The minimum atomic E-state index is 0.478. The summed E-state index contributed by atoms with van der Waals surface area (Å²) in [4.78, 5) is 8.75. The van der Waals surface area contributed by atoms with Gasteiger partial charge in [-0.05, 0) is 12.8 Å². The van der Waals surface area contributed by atoms with E-state index < -0.39 is 0 Å². The lowest BCUT2D eigenvalue weighted by Gasteiger charge is -2.07. The molecule has 0 aliphatic rings. The van der Waals surface area contributed by atoms with Crippen LogP contribution in [0.5, 0.6) is 5.88 Å². The van der Waals surface area contributed by atoms with E-state index in [0.29, 0.717) is 17.3 Å². The molecule has 0 saturated heterocycles. The maximum atomic E-state index is 5.44. The molecule has 0 aromatic carbocycles. The molecule has 0 spiro atoms. The highest BCUT2D eigenvalue weighted by molar-refractivity contribution is 9.09. The fourth-order valence-electron chi connectivity index (χ4n) is 1.15. The summed E-state index contributed by atoms with van der Waals surface area (Å²) in [6, 6.07) is 1.92. The molecular formula is C11H17BrN2O. The molecule has 4 heteroatoms. The average molecular weight is 273 g/mol. The molecule has 0 fully saturated rings. The predicted octanol–water partition coefficient (Wildman–Crippen LogP) is 2.98. The van der Waals surface area contributed by atoms with Gasteiger partial charge in [-0.1, -0.05) is 29.8 Å². The minimum Gasteiger partial charge on any atom is -0.478 e. The van der Waals surface area contributed by atoms with Crippen LogP contribution in [0, 0.1) is 0 Å². The fourth-order valence-corrected chi connectivity index (χ4v) is 1.48. The highest BCUT2D eigenvalue weighted by atomic mass is 79.9. The summed E-state index contributed by atoms with van der Waals surface area (Å²) in [5.41, 5.74) is 1.03. The molecule has 0 aliphatic carbocycles. The zero-order chi connectivity index (χ0) is 11.1. The average Bonchev–Trinajstić information content (AvgIpc) is 2.26. The van der Waals surface area contributed by atoms with Gasteiger partial charge in [0.2, 0.25) is 5.88 Å². The standard InChI is InChI=1S/C11H17BrN2O/c1-3-5-15-11-7-10(13-8-14-11)6-9(12)4-2/h7-9H,3-6H2,1-2H3. The Morgan fingerprint density at radius 2 is 2.20 bits per heavy atom. The number of aromatic nitrogens is 2. The lowest BCUT2D eigenvalue weighted by molar-refractivity contribution is 0.304. The van der Waals surface area contributed by atoms with E-state index in [4.69, 9.17) is 4.74 Å². The van der Waals surface area contributed by atoms with Crippen molar-refractivity contribution in [3.05, 3.63) is 18.1 Å². The molecule has 0 bridgehead atoms. The summed E-state index contributed by atoms with van der Waals surface area (Å²) in [5.74, 6) is 0.678. The molecule has 0 amide bonds. The molecule has 0 radical (unpaired) electrons. The molecule has 0 aliphatic heterocycles. The lowest BCUT2D eigenvalue weighted by atomic mass is 10.2. The van der Waals surface area contributed by atoms with Gasteiger partial charge in [0.1, 0.15) is 6.33 Å². The van der Waals surface area contributed by atoms with Crippen LogP contribution in [-0.4, -0.2) is 21.4 Å². The van der Waals surface area contributed by atoms with E-state index in [0.717, 1.165) is 25.0 Å². The van der Waals surface area contributed by atoms with Crippen molar-refractivity contribution in [1.82, 2.24) is 9.97 Å². The van der Waals surface area contributed by atoms with Crippen LogP contribution in [0.1, 0.15) is 32.4 Å². The number of hydrogen-bond acceptors (Lipinski definition) is 3. The lowest BCUT2D eigenvalue weighted by Crippen LogP contribution is -2.04. The van der Waals surface area contributed by atoms with Crippen LogP contribution in [-0.2, 0) is 6.42 Å². The van der Waals surface area contributed by atoms with Crippen molar-refractivity contribution < 1.29 is 4.74 Å². The summed E-state index contributed by atoms with van der Waals surface area (Å²) in [6.07, 6.45) is 4.57. The van der Waals surface area contributed by atoms with Crippen LogP contribution in [0.15, 0.2) is 12.4 Å². The van der Waals surface area contributed by atoms with Crippen LogP contribution < -0.4 is 4.74 Å². The van der Waals surface area contributed by atoms with Crippen LogP contribution in [0.25, 0.3) is 0 Å². The molecule has 1 unspecified atom stereocenters. The van der Waals surface area contributed by atoms with Crippen LogP contribution >= 0.6 is 15.9 Å². The molecule has 0 N–H and O–H groups in total. The number of alkyl halides is 1. The van der Waals surface area contributed by atoms with Gasteiger partial charge in [-0.3, -0.25) is 0 Å². The summed E-state index contributed by atoms with van der Waals surface area (Å²) >= 11 is 3.59. The SMILES string of the molecule is CCCOc1cc(CC(Br)CC)ncn1. The Morgan fingerprint density at radius 3 is 2.87 bits per heavy atom. The van der Waals surface area contributed by atoms with Crippen molar-refractivity contribution >= 4 is 15.9 Å². The van der Waals surface area contributed by atoms with E-state index >= 15 is 0 Å². The number of nitrogens with zero attached hydrogens (tertiary/aromatic N) is 2. The molecule has 1 heterocycles. The smallest absolute Gasteiger partial charge is 0.216 e. The molecule has 15 heavy (non-hydrogen) atoms. The van der Waals surface area contributed by atoms with Gasteiger partial charge in [0.25, 0.3) is 0 Å². The predicted molar refractivity (Wildman–Crippen MR) is 64.5 cm³/mol. The Hall–Kier alpha value is -0.640. The molecule has 3 nitrogen and oxygen atoms in total. The second-order valence-corrected chi connectivity index (χ2v) is 4.70. The Kier molecular flexibility index (Phi) is 5.61. The van der Waals surface area contributed by atoms with Gasteiger partial charge in [-0.25, -0.2) is 9.97 Å². The third-order valence-electron chi connectivity index (χ3n) is 2.03. The number of rotatable bonds is 6. The number of halogens is 1. The summed E-state index contributed by atoms with van der Waals surface area (Å²) in [6.45, 7) is 4.94. The topological polar surface area (TPSA) is 35.0 Å². The molecule has 1 rings (SSSR count). The minimum absolute atomic E-state index is 0.478. The van der Waals surface area contributed by atoms with Crippen molar-refractivity contribution in [3.63, 3.8) is 0 Å². The van der Waals surface area contributed by atoms with Gasteiger partial charge in [-0.2, -0.15) is 0 Å². The van der Waals surface area contributed by atoms with E-state index in [9.17, 15) is 0 Å². The number of hydrogen-bond donors (Lipinski definition) is 0. The second-order valence-electron chi connectivity index (χ2n) is 3.41. The normalized spacial score (nSPS) is 12.5. The third-order valence-corrected chi connectivity index (χ3v) is 3.00. The van der Waals surface area contributed by atoms with Crippen LogP contribution in [0.3, 0.4) is 0 Å². The summed E-state index contributed by atoms with van der Waals surface area (Å²) in [5, 5.41) is 0. The van der Waals surface area contributed by atoms with Gasteiger partial charge >= 0.3 is 0 Å². The molecule has 1 atom stereocenters. The number of ether oxygens (including phenoxy) is 1. The summed E-state index contributed by atoms with van der Waals surface area (Å²) < 4.78 is 5.44. The van der Waals surface area contributed by atoms with Crippen LogP contribution in [0.4, 0.5) is 0 Å². The first-order valence-corrected chi connectivity index (χ1v) is 6.25. The van der Waals surface area contributed by atoms with Gasteiger partial charge in [0.05, 0.1) is 6.61 Å². The molecule has 1 aromatic heterocycles. The maximum absolute atomic E-state index is 5.44. The first kappa shape index (κ1) is 12.4. The Bertz CT molecular complexity index is 294. The monoisotopic (exact) mass is 272 g/mol. The first-order valence-electron chi connectivity index (χ1n) is 5.34. The first-order chi connectivity index (χ1) is 7.26. The fraction of sp³-hybridized carbons (Fsp3) is 0.636. The van der Waals surface area contributed by atoms with Crippen molar-refractivity contribution in [2.45, 2.75) is 37.9 Å². The third kappa shape index (κ3) is 4.60. The quantitative estimate of drug-likeness (QED) is 0.747. The largest absolute Gasteiger partial charge is 0.478 e. The van der Waals surface area contributed by atoms with Crippen molar-refractivity contribution in [2.75, 3.05) is 6.61 Å². The van der Waals surface area contributed by atoms with Crippen molar-refractivity contribution in [1.29, 1.82) is 0 Å². The van der Waals surface area contributed by atoms with E-state index in [1.54, 1.807) is 6.33 Å². The van der Waals surface area contributed by atoms with Crippen LogP contribution in [0.2, 0.25) is 0 Å². The van der Waals surface area contributed by atoms with E-state index in [1.165, 1.54) is 0 Å². The molecule has 84 valence electrons. The Labute approximate surface area is 99.4 Å². The maximum Gasteiger partial charge on any atom is 0.216 e. The molecule has 0 saturated carbocycles. The van der Waals surface area contributed by atoms with Gasteiger partial charge in [-0.15, -0.1) is 0 Å². The van der Waals surface area contributed by atoms with E-state index in [-0.39, 0.29) is 0 Å². The Morgan fingerprint density at radius 1 is 1.40 bits per heavy atom. The molecule has 1 aromatic rings. The molecular weight excluding hydrogens is 256 g/mol. The van der Waals surface area contributed by atoms with Crippen molar-refractivity contribution in [2.24, 2.45) is 0 Å². The second kappa shape index (κ2) is 6.77. The zero-order valence-electron chi connectivity index (χ0n) is 9.24. The highest BCUT2D eigenvalue weighted by Gasteiger charge is 2.05. The zero-order valence-corrected chi connectivity index (χ0v) is 10.8. The van der Waals surface area contributed by atoms with Crippen molar-refractivity contribution in [3.8, 4) is 5.88 Å². The van der Waals surface area contributed by atoms with Gasteiger partial charge in [0, 0.05) is 23.0 Å². The Balaban J connectivity index is 2.57. The van der Waals surface area contributed by atoms with Gasteiger partial charge in [0.15, 0.2) is 0 Å². The van der Waals surface area contributed by atoms with Gasteiger partial charge < -0.3 is 4.74 Å². The van der Waals surface area contributed by atoms with E-state index in [1.807, 2.05) is 6.07 Å². The summed E-state index contributed by atoms with van der Waals surface area (Å²) in [7, 11) is 0. The highest BCUT2D eigenvalue weighted by Crippen LogP contribution is 2.14.